The zero-order chi connectivity index (χ0) is 18.0. The summed E-state index contributed by atoms with van der Waals surface area (Å²) >= 11 is 0. The van der Waals surface area contributed by atoms with Crippen molar-refractivity contribution in [1.29, 1.82) is 0 Å². The van der Waals surface area contributed by atoms with Gasteiger partial charge in [0.2, 0.25) is 15.9 Å². The molecule has 2 rings (SSSR count). The van der Waals surface area contributed by atoms with Gasteiger partial charge in [0, 0.05) is 26.6 Å². The Morgan fingerprint density at radius 1 is 1.21 bits per heavy atom. The first-order valence-corrected chi connectivity index (χ1v) is 11.0. The fourth-order valence-corrected chi connectivity index (χ4v) is 5.54. The maximum Gasteiger partial charge on any atom is 0.235 e. The summed E-state index contributed by atoms with van der Waals surface area (Å²) in [6, 6.07) is 8.25. The van der Waals surface area contributed by atoms with E-state index >= 15 is 0 Å². The van der Waals surface area contributed by atoms with Crippen LogP contribution >= 0.6 is 0 Å². The van der Waals surface area contributed by atoms with Gasteiger partial charge in [-0.1, -0.05) is 18.2 Å². The van der Waals surface area contributed by atoms with Gasteiger partial charge in [-0.3, -0.25) is 9.10 Å². The summed E-state index contributed by atoms with van der Waals surface area (Å²) in [7, 11) is -3.73. The molecule has 1 aliphatic heterocycles. The Morgan fingerprint density at radius 3 is 2.38 bits per heavy atom. The number of amides is 1. The molecule has 1 atom stereocenters. The Balaban J connectivity index is 1.95. The number of nitrogens with zero attached hydrogens (tertiary/aromatic N) is 2. The van der Waals surface area contributed by atoms with E-state index in [0.717, 1.165) is 4.31 Å². The molecule has 24 heavy (non-hydrogen) atoms. The Labute approximate surface area is 143 Å². The Kier molecular flexibility index (Phi) is 5.54. The van der Waals surface area contributed by atoms with E-state index in [2.05, 4.69) is 0 Å². The van der Waals surface area contributed by atoms with Gasteiger partial charge in [0.05, 0.1) is 22.9 Å². The SMILES string of the molecule is CN(C(=O)CCS(=O)(=O)N(C)c1ccccc1)C1CCS(=O)(=O)C1. The smallest absolute Gasteiger partial charge is 0.235 e. The quantitative estimate of drug-likeness (QED) is 0.723. The van der Waals surface area contributed by atoms with E-state index in [4.69, 9.17) is 0 Å². The molecule has 1 amide bonds. The first kappa shape index (κ1) is 18.7. The second-order valence-electron chi connectivity index (χ2n) is 5.93. The molecule has 1 aromatic rings. The molecule has 0 aliphatic carbocycles. The van der Waals surface area contributed by atoms with Gasteiger partial charge in [-0.25, -0.2) is 16.8 Å². The van der Waals surface area contributed by atoms with Crippen LogP contribution in [0.2, 0.25) is 0 Å². The number of benzene rings is 1. The van der Waals surface area contributed by atoms with Crippen LogP contribution in [-0.2, 0) is 24.7 Å². The van der Waals surface area contributed by atoms with Gasteiger partial charge in [0.15, 0.2) is 9.84 Å². The minimum Gasteiger partial charge on any atom is -0.342 e. The lowest BCUT2D eigenvalue weighted by Crippen LogP contribution is -2.39. The molecule has 134 valence electrons. The normalized spacial score (nSPS) is 19.8. The second-order valence-corrected chi connectivity index (χ2v) is 10.3. The molecule has 1 fully saturated rings. The lowest BCUT2D eigenvalue weighted by molar-refractivity contribution is -0.131. The van der Waals surface area contributed by atoms with Crippen LogP contribution in [0.3, 0.4) is 0 Å². The standard InChI is InChI=1S/C15H22N2O5S2/c1-16(14-8-10-23(19,20)12-14)15(18)9-11-24(21,22)17(2)13-6-4-3-5-7-13/h3-7,14H,8-12H2,1-2H3. The monoisotopic (exact) mass is 374 g/mol. The molecule has 9 heteroatoms. The zero-order valence-electron chi connectivity index (χ0n) is 13.8. The first-order chi connectivity index (χ1) is 11.1. The van der Waals surface area contributed by atoms with Gasteiger partial charge >= 0.3 is 0 Å². The van der Waals surface area contributed by atoms with Crippen LogP contribution in [0.25, 0.3) is 0 Å². The molecule has 1 aromatic carbocycles. The summed E-state index contributed by atoms with van der Waals surface area (Å²) < 4.78 is 48.8. The fourth-order valence-electron chi connectivity index (χ4n) is 2.61. The van der Waals surface area contributed by atoms with E-state index in [1.807, 2.05) is 0 Å². The molecule has 7 nitrogen and oxygen atoms in total. The van der Waals surface area contributed by atoms with Crippen molar-refractivity contribution in [3.05, 3.63) is 30.3 Å². The topological polar surface area (TPSA) is 91.8 Å². The van der Waals surface area contributed by atoms with Crippen molar-refractivity contribution < 1.29 is 21.6 Å². The van der Waals surface area contributed by atoms with Gasteiger partial charge in [-0.15, -0.1) is 0 Å². The molecule has 0 aromatic heterocycles. The highest BCUT2D eigenvalue weighted by molar-refractivity contribution is 7.92. The molecular weight excluding hydrogens is 352 g/mol. The number of anilines is 1. The van der Waals surface area contributed by atoms with E-state index in [1.165, 1.54) is 19.0 Å². The lowest BCUT2D eigenvalue weighted by atomic mass is 10.2. The van der Waals surface area contributed by atoms with E-state index in [0.29, 0.717) is 12.1 Å². The summed E-state index contributed by atoms with van der Waals surface area (Å²) in [6.07, 6.45) is 0.230. The van der Waals surface area contributed by atoms with E-state index in [1.54, 1.807) is 30.3 Å². The molecule has 0 radical (unpaired) electrons. The third-order valence-electron chi connectivity index (χ3n) is 4.26. The van der Waals surface area contributed by atoms with Crippen molar-refractivity contribution in [2.75, 3.05) is 35.7 Å². The van der Waals surface area contributed by atoms with Gasteiger partial charge in [0.1, 0.15) is 0 Å². The van der Waals surface area contributed by atoms with Crippen LogP contribution in [0, 0.1) is 0 Å². The van der Waals surface area contributed by atoms with Crippen molar-refractivity contribution in [2.24, 2.45) is 0 Å². The van der Waals surface area contributed by atoms with Crippen LogP contribution < -0.4 is 4.31 Å². The van der Waals surface area contributed by atoms with Gasteiger partial charge in [0.25, 0.3) is 0 Å². The zero-order valence-corrected chi connectivity index (χ0v) is 15.4. The summed E-state index contributed by atoms with van der Waals surface area (Å²) in [5, 5.41) is 0. The lowest BCUT2D eigenvalue weighted by Gasteiger charge is -2.24. The fraction of sp³-hybridized carbons (Fsp3) is 0.533. The molecule has 1 saturated heterocycles. The summed E-state index contributed by atoms with van der Waals surface area (Å²) in [5.74, 6) is -0.654. The van der Waals surface area contributed by atoms with Crippen LogP contribution in [-0.4, -0.2) is 65.0 Å². The number of para-hydroxylation sites is 1. The predicted molar refractivity (Wildman–Crippen MR) is 93.1 cm³/mol. The van der Waals surface area contributed by atoms with Crippen molar-refractivity contribution in [2.45, 2.75) is 18.9 Å². The number of sulfonamides is 1. The number of rotatable bonds is 6. The average Bonchev–Trinajstić information content (AvgIpc) is 2.92. The van der Waals surface area contributed by atoms with Gasteiger partial charge in [-0.2, -0.15) is 0 Å². The highest BCUT2D eigenvalue weighted by Gasteiger charge is 2.33. The first-order valence-electron chi connectivity index (χ1n) is 7.60. The molecule has 0 saturated carbocycles. The largest absolute Gasteiger partial charge is 0.342 e. The number of carbonyl (C=O) groups is 1. The Bertz CT molecular complexity index is 790. The maximum absolute atomic E-state index is 12.3. The molecule has 0 bridgehead atoms. The number of sulfone groups is 1. The predicted octanol–water partition coefficient (Wildman–Crippen LogP) is 0.488. The third kappa shape index (κ3) is 4.47. The summed E-state index contributed by atoms with van der Waals surface area (Å²) in [6.45, 7) is 0. The molecule has 1 unspecified atom stereocenters. The van der Waals surface area contributed by atoms with E-state index < -0.39 is 19.9 Å². The second kappa shape index (κ2) is 7.10. The van der Waals surface area contributed by atoms with Gasteiger partial charge < -0.3 is 4.90 Å². The van der Waals surface area contributed by atoms with Crippen LogP contribution in [0.15, 0.2) is 30.3 Å². The molecule has 1 heterocycles. The van der Waals surface area contributed by atoms with Crippen LogP contribution in [0.1, 0.15) is 12.8 Å². The number of hydrogen-bond acceptors (Lipinski definition) is 5. The van der Waals surface area contributed by atoms with Crippen LogP contribution in [0.5, 0.6) is 0 Å². The maximum atomic E-state index is 12.3. The summed E-state index contributed by atoms with van der Waals surface area (Å²) in [5.41, 5.74) is 0.528. The molecule has 0 spiro atoms. The van der Waals surface area contributed by atoms with Crippen LogP contribution in [0.4, 0.5) is 5.69 Å². The van der Waals surface area contributed by atoms with E-state index in [-0.39, 0.29) is 35.6 Å². The molecular formula is C15H22N2O5S2. The Hall–Kier alpha value is -1.61. The number of hydrogen-bond donors (Lipinski definition) is 0. The van der Waals surface area contributed by atoms with Crippen molar-refractivity contribution >= 4 is 31.5 Å². The highest BCUT2D eigenvalue weighted by atomic mass is 32.2. The minimum absolute atomic E-state index is 0.0497. The molecule has 0 N–H and O–H groups in total. The van der Waals surface area contributed by atoms with Gasteiger partial charge in [-0.05, 0) is 18.6 Å². The highest BCUT2D eigenvalue weighted by Crippen LogP contribution is 2.19. The number of carbonyl (C=O) groups excluding carboxylic acids is 1. The van der Waals surface area contributed by atoms with Crippen molar-refractivity contribution in [3.63, 3.8) is 0 Å². The average molecular weight is 374 g/mol. The summed E-state index contributed by atoms with van der Waals surface area (Å²) in [4.78, 5) is 13.6. The minimum atomic E-state index is -3.62. The molecule has 1 aliphatic rings. The Morgan fingerprint density at radius 2 is 1.83 bits per heavy atom. The van der Waals surface area contributed by atoms with E-state index in [9.17, 15) is 21.6 Å². The van der Waals surface area contributed by atoms with Crippen molar-refractivity contribution in [3.8, 4) is 0 Å². The third-order valence-corrected chi connectivity index (χ3v) is 7.78. The van der Waals surface area contributed by atoms with Crippen molar-refractivity contribution in [1.82, 2.24) is 4.90 Å².